The lowest BCUT2D eigenvalue weighted by atomic mass is 9.97. The van der Waals surface area contributed by atoms with Crippen molar-refractivity contribution in [3.63, 3.8) is 0 Å². The largest absolute Gasteiger partial charge is 0.399 e. The standard InChI is InChI=1S/C26H22N2/c27-23-14-6-19(7-15-23)5-11-22-13-12-21-3-1-2-4-25(21)26(22)18-10-20-8-16-24(28)17-9-20/h1-18H,27-28H2/b11-5+,18-10+. The summed E-state index contributed by atoms with van der Waals surface area (Å²) in [6.07, 6.45) is 8.57. The molecule has 136 valence electrons. The summed E-state index contributed by atoms with van der Waals surface area (Å²) in [5, 5.41) is 2.46. The van der Waals surface area contributed by atoms with Crippen LogP contribution in [0.2, 0.25) is 0 Å². The lowest BCUT2D eigenvalue weighted by Gasteiger charge is -2.08. The average Bonchev–Trinajstić information content (AvgIpc) is 2.73. The van der Waals surface area contributed by atoms with E-state index in [0.717, 1.165) is 22.5 Å². The van der Waals surface area contributed by atoms with E-state index in [1.54, 1.807) is 0 Å². The van der Waals surface area contributed by atoms with E-state index in [9.17, 15) is 0 Å². The molecule has 2 heteroatoms. The molecule has 0 aromatic heterocycles. The molecule has 0 fully saturated rings. The quantitative estimate of drug-likeness (QED) is 0.328. The highest BCUT2D eigenvalue weighted by molar-refractivity contribution is 5.97. The summed E-state index contributed by atoms with van der Waals surface area (Å²) in [4.78, 5) is 0. The van der Waals surface area contributed by atoms with Gasteiger partial charge in [0.15, 0.2) is 0 Å². The molecular weight excluding hydrogens is 340 g/mol. The minimum absolute atomic E-state index is 0.773. The number of hydrogen-bond acceptors (Lipinski definition) is 2. The molecule has 4 rings (SSSR count). The average molecular weight is 362 g/mol. The Morgan fingerprint density at radius 1 is 0.500 bits per heavy atom. The molecule has 0 saturated heterocycles. The third-order valence-corrected chi connectivity index (χ3v) is 4.78. The highest BCUT2D eigenvalue weighted by atomic mass is 14.5. The van der Waals surface area contributed by atoms with E-state index in [1.807, 2.05) is 48.5 Å². The fraction of sp³-hybridized carbons (Fsp3) is 0. The second-order valence-corrected chi connectivity index (χ2v) is 6.79. The fourth-order valence-electron chi connectivity index (χ4n) is 3.22. The van der Waals surface area contributed by atoms with Crippen molar-refractivity contribution in [2.24, 2.45) is 0 Å². The Morgan fingerprint density at radius 3 is 1.71 bits per heavy atom. The van der Waals surface area contributed by atoms with Gasteiger partial charge in [0, 0.05) is 11.4 Å². The van der Waals surface area contributed by atoms with Gasteiger partial charge in [0.05, 0.1) is 0 Å². The van der Waals surface area contributed by atoms with E-state index >= 15 is 0 Å². The molecule has 28 heavy (non-hydrogen) atoms. The monoisotopic (exact) mass is 362 g/mol. The van der Waals surface area contributed by atoms with E-state index < -0.39 is 0 Å². The van der Waals surface area contributed by atoms with E-state index in [0.29, 0.717) is 0 Å². The minimum Gasteiger partial charge on any atom is -0.399 e. The molecule has 4 aromatic carbocycles. The number of hydrogen-bond donors (Lipinski definition) is 2. The molecule has 0 aliphatic carbocycles. The fourth-order valence-corrected chi connectivity index (χ4v) is 3.22. The Bertz CT molecular complexity index is 1150. The number of nitrogen functional groups attached to an aromatic ring is 2. The highest BCUT2D eigenvalue weighted by Crippen LogP contribution is 2.26. The molecule has 0 aliphatic rings. The van der Waals surface area contributed by atoms with Crippen LogP contribution in [0, 0.1) is 0 Å². The third kappa shape index (κ3) is 3.97. The van der Waals surface area contributed by atoms with Crippen molar-refractivity contribution < 1.29 is 0 Å². The number of benzene rings is 4. The second kappa shape index (κ2) is 7.85. The van der Waals surface area contributed by atoms with Gasteiger partial charge in [-0.1, -0.05) is 85.0 Å². The van der Waals surface area contributed by atoms with E-state index in [2.05, 4.69) is 60.7 Å². The van der Waals surface area contributed by atoms with E-state index in [4.69, 9.17) is 11.5 Å². The van der Waals surface area contributed by atoms with Crippen LogP contribution in [-0.4, -0.2) is 0 Å². The van der Waals surface area contributed by atoms with Crippen LogP contribution in [0.15, 0.2) is 84.9 Å². The van der Waals surface area contributed by atoms with Gasteiger partial charge in [-0.3, -0.25) is 0 Å². The molecule has 0 bridgehead atoms. The summed E-state index contributed by atoms with van der Waals surface area (Å²) < 4.78 is 0. The molecule has 0 heterocycles. The first-order valence-electron chi connectivity index (χ1n) is 9.28. The van der Waals surface area contributed by atoms with Gasteiger partial charge in [-0.15, -0.1) is 0 Å². The van der Waals surface area contributed by atoms with Crippen LogP contribution >= 0.6 is 0 Å². The Morgan fingerprint density at radius 2 is 1.07 bits per heavy atom. The van der Waals surface area contributed by atoms with E-state index in [-0.39, 0.29) is 0 Å². The topological polar surface area (TPSA) is 52.0 Å². The first-order valence-corrected chi connectivity index (χ1v) is 9.28. The first-order chi connectivity index (χ1) is 13.7. The summed E-state index contributed by atoms with van der Waals surface area (Å²) in [6.45, 7) is 0. The smallest absolute Gasteiger partial charge is 0.0314 e. The molecule has 0 radical (unpaired) electrons. The Kier molecular flexibility index (Phi) is 4.94. The molecule has 0 aliphatic heterocycles. The predicted octanol–water partition coefficient (Wildman–Crippen LogP) is 6.35. The normalized spacial score (nSPS) is 11.6. The van der Waals surface area contributed by atoms with Crippen molar-refractivity contribution in [2.45, 2.75) is 0 Å². The molecule has 4 aromatic rings. The van der Waals surface area contributed by atoms with Crippen molar-refractivity contribution in [3.05, 3.63) is 107 Å². The molecule has 4 N–H and O–H groups in total. The molecule has 2 nitrogen and oxygen atoms in total. The zero-order chi connectivity index (χ0) is 19.3. The second-order valence-electron chi connectivity index (χ2n) is 6.79. The lowest BCUT2D eigenvalue weighted by Crippen LogP contribution is -1.86. The maximum atomic E-state index is 5.80. The van der Waals surface area contributed by atoms with Crippen molar-refractivity contribution in [3.8, 4) is 0 Å². The van der Waals surface area contributed by atoms with Crippen molar-refractivity contribution in [2.75, 3.05) is 11.5 Å². The Balaban J connectivity index is 1.76. The molecule has 0 amide bonds. The van der Waals surface area contributed by atoms with Gasteiger partial charge >= 0.3 is 0 Å². The van der Waals surface area contributed by atoms with Gasteiger partial charge in [0.2, 0.25) is 0 Å². The summed E-state index contributed by atoms with van der Waals surface area (Å²) in [7, 11) is 0. The zero-order valence-corrected chi connectivity index (χ0v) is 15.5. The van der Waals surface area contributed by atoms with Gasteiger partial charge in [-0.25, -0.2) is 0 Å². The zero-order valence-electron chi connectivity index (χ0n) is 15.5. The summed E-state index contributed by atoms with van der Waals surface area (Å²) in [5.41, 5.74) is 17.7. The number of fused-ring (bicyclic) bond motifs is 1. The van der Waals surface area contributed by atoms with Gasteiger partial charge in [-0.05, 0) is 57.3 Å². The van der Waals surface area contributed by atoms with Crippen LogP contribution in [0.25, 0.3) is 35.1 Å². The number of rotatable bonds is 4. The number of anilines is 2. The summed E-state index contributed by atoms with van der Waals surface area (Å²) >= 11 is 0. The van der Waals surface area contributed by atoms with Crippen molar-refractivity contribution in [1.29, 1.82) is 0 Å². The van der Waals surface area contributed by atoms with Crippen LogP contribution in [0.4, 0.5) is 11.4 Å². The first kappa shape index (κ1) is 17.6. The summed E-state index contributed by atoms with van der Waals surface area (Å²) in [6, 6.07) is 28.6. The van der Waals surface area contributed by atoms with Crippen molar-refractivity contribution in [1.82, 2.24) is 0 Å². The number of nitrogens with two attached hydrogens (primary N) is 2. The van der Waals surface area contributed by atoms with Gasteiger partial charge in [-0.2, -0.15) is 0 Å². The molecular formula is C26H22N2. The van der Waals surface area contributed by atoms with Gasteiger partial charge in [0.1, 0.15) is 0 Å². The van der Waals surface area contributed by atoms with Crippen LogP contribution < -0.4 is 11.5 Å². The Labute approximate surface area is 165 Å². The van der Waals surface area contributed by atoms with Crippen LogP contribution in [-0.2, 0) is 0 Å². The van der Waals surface area contributed by atoms with Crippen molar-refractivity contribution >= 4 is 46.5 Å². The highest BCUT2D eigenvalue weighted by Gasteiger charge is 2.03. The van der Waals surface area contributed by atoms with Crippen LogP contribution in [0.1, 0.15) is 22.3 Å². The van der Waals surface area contributed by atoms with Crippen LogP contribution in [0.3, 0.4) is 0 Å². The summed E-state index contributed by atoms with van der Waals surface area (Å²) in [5.74, 6) is 0. The Hall–Kier alpha value is -3.78. The SMILES string of the molecule is Nc1ccc(/C=C/c2ccc3ccccc3c2/C=C/c2ccc(N)cc2)cc1. The van der Waals surface area contributed by atoms with E-state index in [1.165, 1.54) is 21.9 Å². The van der Waals surface area contributed by atoms with Gasteiger partial charge in [0.25, 0.3) is 0 Å². The molecule has 0 saturated carbocycles. The predicted molar refractivity (Wildman–Crippen MR) is 124 cm³/mol. The molecule has 0 spiro atoms. The molecule has 0 atom stereocenters. The third-order valence-electron chi connectivity index (χ3n) is 4.78. The molecule has 0 unspecified atom stereocenters. The van der Waals surface area contributed by atoms with Gasteiger partial charge < -0.3 is 11.5 Å². The maximum Gasteiger partial charge on any atom is 0.0314 e. The van der Waals surface area contributed by atoms with Crippen LogP contribution in [0.5, 0.6) is 0 Å². The minimum atomic E-state index is 0.773. The maximum absolute atomic E-state index is 5.80. The lowest BCUT2D eigenvalue weighted by molar-refractivity contribution is 1.63.